The largest absolute Gasteiger partial charge is 0.478 e. The van der Waals surface area contributed by atoms with E-state index in [0.717, 1.165) is 36.5 Å². The summed E-state index contributed by atoms with van der Waals surface area (Å²) in [6, 6.07) is 0. The van der Waals surface area contributed by atoms with Gasteiger partial charge in [-0.1, -0.05) is 60.5 Å². The summed E-state index contributed by atoms with van der Waals surface area (Å²) in [7, 11) is 5.50. The summed E-state index contributed by atoms with van der Waals surface area (Å²) in [5.74, 6) is 2.85. The molecule has 1 saturated carbocycles. The van der Waals surface area contributed by atoms with Crippen LogP contribution in [-0.4, -0.2) is 50.1 Å². The van der Waals surface area contributed by atoms with Crippen LogP contribution in [-0.2, 0) is 23.7 Å². The summed E-state index contributed by atoms with van der Waals surface area (Å²) in [5.41, 5.74) is 2.71. The topological polar surface area (TPSA) is 94.3 Å². The van der Waals surface area contributed by atoms with E-state index in [1.165, 1.54) is 38.0 Å². The Balaban J connectivity index is 0.000000975. The number of carbonyl (C=O) groups excluding carboxylic acids is 2. The normalized spacial score (nSPS) is 14.4. The number of aromatic nitrogens is 4. The standard InChI is InChI=1S/C24H38N6O2.C4H6O.C2H6/c1-7-17(3)18(8-2)13-30(16-31)15-20(26-21-14-28(4)27-24(21)32-6)23-25-12-22(29(23)5)19-10-9-11-19;1-3-4(2)5;1-2/h12,14-19,26H,7-11,13H2,1-6H3;3H,1H2,2H3;1-2H3/b20-15+;;. The fourth-order valence-corrected chi connectivity index (χ4v) is 4.36. The van der Waals surface area contributed by atoms with Gasteiger partial charge in [0.1, 0.15) is 5.69 Å². The highest BCUT2D eigenvalue weighted by Crippen LogP contribution is 2.37. The van der Waals surface area contributed by atoms with Gasteiger partial charge < -0.3 is 19.5 Å². The summed E-state index contributed by atoms with van der Waals surface area (Å²) in [6.07, 6.45) is 13.7. The van der Waals surface area contributed by atoms with Crippen LogP contribution in [0.3, 0.4) is 0 Å². The lowest BCUT2D eigenvalue weighted by atomic mass is 9.83. The molecular formula is C30H50N6O3. The van der Waals surface area contributed by atoms with E-state index in [2.05, 4.69) is 42.3 Å². The smallest absolute Gasteiger partial charge is 0.256 e. The van der Waals surface area contributed by atoms with Crippen LogP contribution in [0, 0.1) is 11.8 Å². The molecule has 2 unspecified atom stereocenters. The number of allylic oxidation sites excluding steroid dienone is 1. The molecule has 0 aromatic carbocycles. The molecule has 1 aliphatic carbocycles. The molecule has 2 aromatic rings. The zero-order valence-electron chi connectivity index (χ0n) is 25.5. The molecule has 0 aliphatic heterocycles. The first-order chi connectivity index (χ1) is 18.7. The van der Waals surface area contributed by atoms with Gasteiger partial charge in [-0.15, -0.1) is 5.10 Å². The molecule has 218 valence electrons. The molecule has 1 amide bonds. The van der Waals surface area contributed by atoms with Crippen molar-refractivity contribution in [3.05, 3.63) is 42.8 Å². The quantitative estimate of drug-likeness (QED) is 0.241. The summed E-state index contributed by atoms with van der Waals surface area (Å²) < 4.78 is 9.27. The average molecular weight is 543 g/mol. The van der Waals surface area contributed by atoms with Crippen LogP contribution in [0.25, 0.3) is 5.70 Å². The first kappa shape index (κ1) is 33.7. The van der Waals surface area contributed by atoms with Crippen molar-refractivity contribution < 1.29 is 14.3 Å². The van der Waals surface area contributed by atoms with Crippen molar-refractivity contribution in [3.63, 3.8) is 0 Å². The van der Waals surface area contributed by atoms with Gasteiger partial charge in [0.25, 0.3) is 5.88 Å². The van der Waals surface area contributed by atoms with Crippen molar-refractivity contribution >= 4 is 23.6 Å². The van der Waals surface area contributed by atoms with Crippen LogP contribution in [0.1, 0.15) is 91.1 Å². The molecule has 0 bridgehead atoms. The van der Waals surface area contributed by atoms with Gasteiger partial charge in [0.2, 0.25) is 6.41 Å². The van der Waals surface area contributed by atoms with Crippen LogP contribution in [0.2, 0.25) is 0 Å². The van der Waals surface area contributed by atoms with E-state index >= 15 is 0 Å². The van der Waals surface area contributed by atoms with Crippen molar-refractivity contribution in [2.75, 3.05) is 19.0 Å². The lowest BCUT2D eigenvalue weighted by Crippen LogP contribution is -2.28. The second kappa shape index (κ2) is 17.3. The highest BCUT2D eigenvalue weighted by atomic mass is 16.5. The van der Waals surface area contributed by atoms with Gasteiger partial charge >= 0.3 is 0 Å². The third kappa shape index (κ3) is 9.71. The minimum absolute atomic E-state index is 0.0185. The number of amides is 1. The third-order valence-corrected chi connectivity index (χ3v) is 7.18. The molecule has 9 heteroatoms. The molecule has 0 radical (unpaired) electrons. The average Bonchev–Trinajstić information content (AvgIpc) is 3.47. The van der Waals surface area contributed by atoms with Crippen LogP contribution < -0.4 is 10.1 Å². The minimum atomic E-state index is 0.0185. The van der Waals surface area contributed by atoms with E-state index in [-0.39, 0.29) is 5.78 Å². The van der Waals surface area contributed by atoms with Gasteiger partial charge in [0, 0.05) is 44.6 Å². The van der Waals surface area contributed by atoms with Crippen molar-refractivity contribution in [1.29, 1.82) is 0 Å². The Morgan fingerprint density at radius 3 is 2.38 bits per heavy atom. The second-order valence-corrected chi connectivity index (χ2v) is 9.76. The SMILES string of the molecule is C=CC(C)=O.CC.CCC(C)C(CC)CN(C=O)/C=C(/Nc1cn(C)nc1OC)c1ncc(C2CCC2)n1C. The second-order valence-electron chi connectivity index (χ2n) is 9.76. The van der Waals surface area contributed by atoms with Gasteiger partial charge in [0.05, 0.1) is 19.0 Å². The number of carbonyl (C=O) groups is 2. The molecule has 9 nitrogen and oxygen atoms in total. The number of ketones is 1. The molecule has 0 saturated heterocycles. The highest BCUT2D eigenvalue weighted by Gasteiger charge is 2.25. The number of methoxy groups -OCH3 is 1. The zero-order valence-corrected chi connectivity index (χ0v) is 25.5. The zero-order chi connectivity index (χ0) is 29.5. The lowest BCUT2D eigenvalue weighted by Gasteiger charge is -2.27. The molecule has 0 spiro atoms. The lowest BCUT2D eigenvalue weighted by molar-refractivity contribution is -0.116. The maximum Gasteiger partial charge on any atom is 0.256 e. The maximum atomic E-state index is 12.1. The van der Waals surface area contributed by atoms with E-state index < -0.39 is 0 Å². The number of hydrogen-bond donors (Lipinski definition) is 1. The van der Waals surface area contributed by atoms with E-state index in [1.54, 1.807) is 16.7 Å². The van der Waals surface area contributed by atoms with Gasteiger partial charge in [-0.3, -0.25) is 14.3 Å². The molecule has 2 atom stereocenters. The van der Waals surface area contributed by atoms with Crippen LogP contribution >= 0.6 is 0 Å². The van der Waals surface area contributed by atoms with Gasteiger partial charge in [-0.25, -0.2) is 4.98 Å². The monoisotopic (exact) mass is 542 g/mol. The molecule has 39 heavy (non-hydrogen) atoms. The van der Waals surface area contributed by atoms with Crippen LogP contribution in [0.15, 0.2) is 31.2 Å². The van der Waals surface area contributed by atoms with Gasteiger partial charge in [-0.05, 0) is 37.7 Å². The van der Waals surface area contributed by atoms with Crippen LogP contribution in [0.5, 0.6) is 5.88 Å². The number of hydrogen-bond acceptors (Lipinski definition) is 6. The number of nitrogens with zero attached hydrogens (tertiary/aromatic N) is 5. The van der Waals surface area contributed by atoms with E-state index in [9.17, 15) is 9.59 Å². The summed E-state index contributed by atoms with van der Waals surface area (Å²) in [6.45, 7) is 16.0. The fraction of sp³-hybridized carbons (Fsp3) is 0.600. The summed E-state index contributed by atoms with van der Waals surface area (Å²) in [4.78, 5) is 28.2. The first-order valence-corrected chi connectivity index (χ1v) is 14.1. The number of aryl methyl sites for hydroxylation is 1. The number of nitrogens with one attached hydrogen (secondary N) is 1. The molecule has 1 N–H and O–H groups in total. The predicted molar refractivity (Wildman–Crippen MR) is 159 cm³/mol. The summed E-state index contributed by atoms with van der Waals surface area (Å²) >= 11 is 0. The van der Waals surface area contributed by atoms with E-state index in [4.69, 9.17) is 9.72 Å². The highest BCUT2D eigenvalue weighted by molar-refractivity contribution is 5.86. The molecular weight excluding hydrogens is 492 g/mol. The Kier molecular flexibility index (Phi) is 14.9. The number of rotatable bonds is 13. The predicted octanol–water partition coefficient (Wildman–Crippen LogP) is 6.16. The van der Waals surface area contributed by atoms with E-state index in [0.29, 0.717) is 30.2 Å². The molecule has 3 rings (SSSR count). The van der Waals surface area contributed by atoms with E-state index in [1.807, 2.05) is 46.5 Å². The van der Waals surface area contributed by atoms with Crippen molar-refractivity contribution in [2.45, 2.75) is 79.6 Å². The Morgan fingerprint density at radius 2 is 1.92 bits per heavy atom. The van der Waals surface area contributed by atoms with Crippen LogP contribution in [0.4, 0.5) is 5.69 Å². The number of anilines is 1. The van der Waals surface area contributed by atoms with Crippen molar-refractivity contribution in [3.8, 4) is 5.88 Å². The van der Waals surface area contributed by atoms with Crippen molar-refractivity contribution in [2.24, 2.45) is 25.9 Å². The first-order valence-electron chi connectivity index (χ1n) is 14.1. The van der Waals surface area contributed by atoms with Gasteiger partial charge in [0.15, 0.2) is 11.6 Å². The maximum absolute atomic E-state index is 12.1. The number of imidazole rings is 1. The fourth-order valence-electron chi connectivity index (χ4n) is 4.36. The van der Waals surface area contributed by atoms with Crippen molar-refractivity contribution in [1.82, 2.24) is 24.2 Å². The number of ether oxygens (including phenoxy) is 1. The Bertz CT molecular complexity index is 1070. The molecule has 2 aromatic heterocycles. The Morgan fingerprint density at radius 1 is 1.28 bits per heavy atom. The summed E-state index contributed by atoms with van der Waals surface area (Å²) in [5, 5.41) is 7.78. The molecule has 2 heterocycles. The Hall–Kier alpha value is -3.36. The van der Waals surface area contributed by atoms with Gasteiger partial charge in [-0.2, -0.15) is 0 Å². The minimum Gasteiger partial charge on any atom is -0.478 e. The molecule has 1 fully saturated rings. The Labute approximate surface area is 235 Å². The third-order valence-electron chi connectivity index (χ3n) is 7.18. The molecule has 1 aliphatic rings.